The molecule has 0 aliphatic carbocycles. The molecule has 1 aromatic heterocycles. The number of rotatable bonds is 1. The van der Waals surface area contributed by atoms with Gasteiger partial charge in [-0.25, -0.2) is 0 Å². The van der Waals surface area contributed by atoms with Crippen molar-refractivity contribution in [2.45, 2.75) is 26.7 Å². The smallest absolute Gasteiger partial charge is 0.149 e. The van der Waals surface area contributed by atoms with Gasteiger partial charge in [0, 0.05) is 0 Å². The van der Waals surface area contributed by atoms with E-state index >= 15 is 0 Å². The van der Waals surface area contributed by atoms with Gasteiger partial charge in [-0.2, -0.15) is 5.10 Å². The third-order valence-electron chi connectivity index (χ3n) is 1.63. The molecule has 11 heavy (non-hydrogen) atoms. The second-order valence-electron chi connectivity index (χ2n) is 2.99. The maximum Gasteiger partial charge on any atom is 0.149 e. The van der Waals surface area contributed by atoms with Crippen LogP contribution < -0.4 is 5.73 Å². The molecule has 1 aromatic rings. The molecular weight excluding hydrogens is 138 g/mol. The Balaban J connectivity index is 3.05. The lowest BCUT2D eigenvalue weighted by Crippen LogP contribution is -2.01. The van der Waals surface area contributed by atoms with Gasteiger partial charge >= 0.3 is 0 Å². The van der Waals surface area contributed by atoms with E-state index in [2.05, 4.69) is 24.0 Å². The Morgan fingerprint density at radius 3 is 2.45 bits per heavy atom. The summed E-state index contributed by atoms with van der Waals surface area (Å²) in [6.45, 7) is 6.11. The van der Waals surface area contributed by atoms with Gasteiger partial charge in [-0.3, -0.25) is 0 Å². The first-order valence-corrected chi connectivity index (χ1v) is 3.71. The highest BCUT2D eigenvalue weighted by molar-refractivity contribution is 5.37. The molecule has 60 valence electrons. The van der Waals surface area contributed by atoms with Crippen LogP contribution in [-0.2, 0) is 0 Å². The molecule has 0 aromatic carbocycles. The third kappa shape index (κ3) is 1.67. The molecule has 3 nitrogen and oxygen atoms in total. The molecule has 0 saturated carbocycles. The molecule has 0 aliphatic heterocycles. The standard InChI is InChI=1S/C8H13N3/c1-5(2)7-4-6(3)8(9)11-10-7/h4-5H,1-3H3,(H2,9,11). The van der Waals surface area contributed by atoms with E-state index < -0.39 is 0 Å². The van der Waals surface area contributed by atoms with Crippen LogP contribution in [0.15, 0.2) is 6.07 Å². The SMILES string of the molecule is Cc1cc(C(C)C)nnc1N. The van der Waals surface area contributed by atoms with Gasteiger partial charge < -0.3 is 5.73 Å². The van der Waals surface area contributed by atoms with Crippen LogP contribution in [0.2, 0.25) is 0 Å². The van der Waals surface area contributed by atoms with Crippen molar-refractivity contribution in [1.29, 1.82) is 0 Å². The summed E-state index contributed by atoms with van der Waals surface area (Å²) in [5.74, 6) is 0.941. The lowest BCUT2D eigenvalue weighted by Gasteiger charge is -2.04. The molecule has 3 heteroatoms. The molecule has 0 unspecified atom stereocenters. The van der Waals surface area contributed by atoms with Crippen molar-refractivity contribution >= 4 is 5.82 Å². The van der Waals surface area contributed by atoms with Crippen LogP contribution in [0.1, 0.15) is 31.0 Å². The first kappa shape index (κ1) is 7.98. The van der Waals surface area contributed by atoms with Crippen molar-refractivity contribution in [3.8, 4) is 0 Å². The minimum atomic E-state index is 0.418. The molecule has 0 amide bonds. The molecule has 1 heterocycles. The number of nitrogen functional groups attached to an aromatic ring is 1. The van der Waals surface area contributed by atoms with Crippen molar-refractivity contribution in [3.05, 3.63) is 17.3 Å². The van der Waals surface area contributed by atoms with Crippen LogP contribution in [0.25, 0.3) is 0 Å². The summed E-state index contributed by atoms with van der Waals surface area (Å²) >= 11 is 0. The lowest BCUT2D eigenvalue weighted by molar-refractivity contribution is 0.784. The van der Waals surface area contributed by atoms with Gasteiger partial charge in [0.25, 0.3) is 0 Å². The minimum Gasteiger partial charge on any atom is -0.382 e. The first-order valence-electron chi connectivity index (χ1n) is 3.71. The molecule has 0 saturated heterocycles. The zero-order valence-electron chi connectivity index (χ0n) is 7.13. The van der Waals surface area contributed by atoms with Crippen LogP contribution >= 0.6 is 0 Å². The Bertz CT molecular complexity index is 256. The molecular formula is C8H13N3. The Morgan fingerprint density at radius 1 is 1.36 bits per heavy atom. The van der Waals surface area contributed by atoms with Gasteiger partial charge in [0.05, 0.1) is 5.69 Å². The molecule has 2 N–H and O–H groups in total. The largest absolute Gasteiger partial charge is 0.382 e. The summed E-state index contributed by atoms with van der Waals surface area (Å²) in [7, 11) is 0. The van der Waals surface area contributed by atoms with Crippen LogP contribution in [0.3, 0.4) is 0 Å². The molecule has 1 rings (SSSR count). The maximum atomic E-state index is 5.52. The maximum absolute atomic E-state index is 5.52. The van der Waals surface area contributed by atoms with Crippen LogP contribution in [-0.4, -0.2) is 10.2 Å². The number of aromatic nitrogens is 2. The summed E-state index contributed by atoms with van der Waals surface area (Å²) < 4.78 is 0. The van der Waals surface area contributed by atoms with Gasteiger partial charge in [-0.15, -0.1) is 5.10 Å². The highest BCUT2D eigenvalue weighted by Crippen LogP contribution is 2.13. The summed E-state index contributed by atoms with van der Waals surface area (Å²) in [6.07, 6.45) is 0. The number of hydrogen-bond donors (Lipinski definition) is 1. The predicted octanol–water partition coefficient (Wildman–Crippen LogP) is 1.49. The third-order valence-corrected chi connectivity index (χ3v) is 1.63. The topological polar surface area (TPSA) is 51.8 Å². The summed E-state index contributed by atoms with van der Waals surface area (Å²) in [4.78, 5) is 0. The zero-order valence-corrected chi connectivity index (χ0v) is 7.13. The second-order valence-corrected chi connectivity index (χ2v) is 2.99. The Hall–Kier alpha value is -1.12. The zero-order chi connectivity index (χ0) is 8.43. The fourth-order valence-electron chi connectivity index (χ4n) is 0.797. The average molecular weight is 151 g/mol. The number of nitrogens with two attached hydrogens (primary N) is 1. The quantitative estimate of drug-likeness (QED) is 0.661. The minimum absolute atomic E-state index is 0.418. The number of aryl methyl sites for hydroxylation is 1. The normalized spacial score (nSPS) is 10.5. The number of hydrogen-bond acceptors (Lipinski definition) is 3. The van der Waals surface area contributed by atoms with E-state index in [1.807, 2.05) is 13.0 Å². The molecule has 0 atom stereocenters. The van der Waals surface area contributed by atoms with Gasteiger partial charge in [-0.05, 0) is 24.5 Å². The molecule has 0 aliphatic rings. The highest BCUT2D eigenvalue weighted by atomic mass is 15.1. The van der Waals surface area contributed by atoms with Crippen LogP contribution in [0.5, 0.6) is 0 Å². The summed E-state index contributed by atoms with van der Waals surface area (Å²) in [5.41, 5.74) is 7.52. The van der Waals surface area contributed by atoms with Crippen molar-refractivity contribution in [2.24, 2.45) is 0 Å². The Labute approximate surface area is 66.6 Å². The predicted molar refractivity (Wildman–Crippen MR) is 45.3 cm³/mol. The Morgan fingerprint density at radius 2 is 2.00 bits per heavy atom. The van der Waals surface area contributed by atoms with E-state index in [0.717, 1.165) is 11.3 Å². The van der Waals surface area contributed by atoms with Crippen molar-refractivity contribution in [1.82, 2.24) is 10.2 Å². The van der Waals surface area contributed by atoms with E-state index in [0.29, 0.717) is 11.7 Å². The second kappa shape index (κ2) is 2.86. The van der Waals surface area contributed by atoms with E-state index in [1.54, 1.807) is 0 Å². The van der Waals surface area contributed by atoms with Crippen LogP contribution in [0.4, 0.5) is 5.82 Å². The first-order chi connectivity index (χ1) is 5.11. The molecule has 0 fully saturated rings. The van der Waals surface area contributed by atoms with Gasteiger partial charge in [-0.1, -0.05) is 13.8 Å². The van der Waals surface area contributed by atoms with E-state index in [1.165, 1.54) is 0 Å². The van der Waals surface area contributed by atoms with E-state index in [9.17, 15) is 0 Å². The summed E-state index contributed by atoms with van der Waals surface area (Å²) in [6, 6.07) is 1.98. The van der Waals surface area contributed by atoms with E-state index in [-0.39, 0.29) is 0 Å². The van der Waals surface area contributed by atoms with Crippen LogP contribution in [0, 0.1) is 6.92 Å². The fourth-order valence-corrected chi connectivity index (χ4v) is 0.797. The average Bonchev–Trinajstić information content (AvgIpc) is 1.94. The molecule has 0 radical (unpaired) electrons. The lowest BCUT2D eigenvalue weighted by atomic mass is 10.1. The van der Waals surface area contributed by atoms with Gasteiger partial charge in [0.15, 0.2) is 0 Å². The fraction of sp³-hybridized carbons (Fsp3) is 0.500. The Kier molecular flexibility index (Phi) is 2.08. The number of anilines is 1. The van der Waals surface area contributed by atoms with Crippen molar-refractivity contribution in [2.75, 3.05) is 5.73 Å². The molecule has 0 bridgehead atoms. The van der Waals surface area contributed by atoms with E-state index in [4.69, 9.17) is 5.73 Å². The number of nitrogens with zero attached hydrogens (tertiary/aromatic N) is 2. The summed E-state index contributed by atoms with van der Waals surface area (Å²) in [5, 5.41) is 7.79. The van der Waals surface area contributed by atoms with Gasteiger partial charge in [0.1, 0.15) is 5.82 Å². The molecule has 0 spiro atoms. The van der Waals surface area contributed by atoms with Crippen molar-refractivity contribution < 1.29 is 0 Å². The van der Waals surface area contributed by atoms with Gasteiger partial charge in [0.2, 0.25) is 0 Å². The highest BCUT2D eigenvalue weighted by Gasteiger charge is 2.02. The van der Waals surface area contributed by atoms with Crippen molar-refractivity contribution in [3.63, 3.8) is 0 Å². The monoisotopic (exact) mass is 151 g/mol.